The molecule has 0 saturated heterocycles. The number of hydrogen-bond acceptors (Lipinski definition) is 7. The number of Topliss-reactive ketones (excluding diaryl/α,β-unsaturated/α-hetero) is 2. The number of carbonyl (C=O) groups is 2. The molecule has 0 spiro atoms. The highest BCUT2D eigenvalue weighted by Gasteiger charge is 2.26. The second-order valence-electron chi connectivity index (χ2n) is 4.93. The van der Waals surface area contributed by atoms with Crippen molar-refractivity contribution in [3.63, 3.8) is 0 Å². The summed E-state index contributed by atoms with van der Waals surface area (Å²) in [5.74, 6) is -2.45. The lowest BCUT2D eigenvalue weighted by molar-refractivity contribution is -0.114. The summed E-state index contributed by atoms with van der Waals surface area (Å²) in [6, 6.07) is 5.72. The van der Waals surface area contributed by atoms with E-state index < -0.39 is 27.2 Å². The van der Waals surface area contributed by atoms with Crippen LogP contribution < -0.4 is 0 Å². The van der Waals surface area contributed by atoms with Crippen LogP contribution in [0.25, 0.3) is 0 Å². The Hall–Kier alpha value is -2.72. The van der Waals surface area contributed by atoms with E-state index in [-0.39, 0.29) is 26.9 Å². The zero-order valence-electron chi connectivity index (χ0n) is 12.5. The molecule has 0 bridgehead atoms. The summed E-state index contributed by atoms with van der Waals surface area (Å²) >= 11 is 1.04. The lowest BCUT2D eigenvalue weighted by atomic mass is 10.1. The Balaban J connectivity index is 1.89. The number of aromatic nitrogens is 3. The first-order valence-electron chi connectivity index (χ1n) is 6.89. The van der Waals surface area contributed by atoms with Crippen LogP contribution in [0.1, 0.15) is 15.5 Å². The molecular weight excluding hydrogens is 369 g/mol. The number of hydrogen-bond donors (Lipinski definition) is 1. The van der Waals surface area contributed by atoms with Crippen LogP contribution in [0.5, 0.6) is 0 Å². The highest BCUT2D eigenvalue weighted by atomic mass is 32.2. The van der Waals surface area contributed by atoms with E-state index in [1.807, 2.05) is 0 Å². The number of aromatic amines is 1. The molecule has 0 amide bonds. The second kappa shape index (κ2) is 6.65. The molecule has 0 atom stereocenters. The fourth-order valence-electron chi connectivity index (χ4n) is 2.11. The first-order chi connectivity index (χ1) is 11.9. The van der Waals surface area contributed by atoms with Gasteiger partial charge in [0, 0.05) is 4.88 Å². The van der Waals surface area contributed by atoms with Gasteiger partial charge in [0.05, 0.1) is 16.2 Å². The van der Waals surface area contributed by atoms with Gasteiger partial charge in [-0.05, 0) is 35.7 Å². The van der Waals surface area contributed by atoms with E-state index in [9.17, 15) is 22.4 Å². The molecule has 0 radical (unpaired) electrons. The Morgan fingerprint density at radius 2 is 1.88 bits per heavy atom. The number of carbonyl (C=O) groups excluding carboxylic acids is 2. The number of halogens is 1. The molecule has 0 fully saturated rings. The number of nitrogens with one attached hydrogen (secondary N) is 1. The van der Waals surface area contributed by atoms with Crippen LogP contribution in [0, 0.1) is 5.82 Å². The van der Waals surface area contributed by atoms with Gasteiger partial charge in [-0.3, -0.25) is 14.7 Å². The molecule has 2 heterocycles. The molecule has 10 heteroatoms. The highest BCUT2D eigenvalue weighted by molar-refractivity contribution is 7.91. The van der Waals surface area contributed by atoms with Gasteiger partial charge in [-0.25, -0.2) is 17.8 Å². The maximum atomic E-state index is 13.0. The topological polar surface area (TPSA) is 110 Å². The Bertz CT molecular complexity index is 1030. The number of nitrogens with zero attached hydrogens (tertiary/aromatic N) is 2. The maximum absolute atomic E-state index is 13.0. The Labute approximate surface area is 145 Å². The molecule has 2 aromatic heterocycles. The predicted octanol–water partition coefficient (Wildman–Crippen LogP) is 1.83. The second-order valence-corrected chi connectivity index (χ2v) is 7.85. The molecule has 1 aromatic carbocycles. The summed E-state index contributed by atoms with van der Waals surface area (Å²) in [5.41, 5.74) is 0. The Kier molecular flexibility index (Phi) is 4.55. The molecule has 128 valence electrons. The smallest absolute Gasteiger partial charge is 0.265 e. The first kappa shape index (κ1) is 17.1. The third kappa shape index (κ3) is 3.39. The molecule has 3 aromatic rings. The van der Waals surface area contributed by atoms with Crippen molar-refractivity contribution < 1.29 is 22.4 Å². The summed E-state index contributed by atoms with van der Waals surface area (Å²) in [6.07, 6.45) is 0.711. The van der Waals surface area contributed by atoms with Gasteiger partial charge in [-0.15, -0.1) is 11.3 Å². The zero-order chi connectivity index (χ0) is 18.0. The van der Waals surface area contributed by atoms with E-state index in [0.717, 1.165) is 41.9 Å². The minimum Gasteiger partial charge on any atom is -0.290 e. The van der Waals surface area contributed by atoms with Crippen LogP contribution in [-0.4, -0.2) is 35.2 Å². The van der Waals surface area contributed by atoms with Crippen molar-refractivity contribution in [3.8, 4) is 0 Å². The minimum absolute atomic E-state index is 0.0807. The predicted molar refractivity (Wildman–Crippen MR) is 85.6 cm³/mol. The Morgan fingerprint density at radius 3 is 2.52 bits per heavy atom. The molecule has 0 saturated carbocycles. The van der Waals surface area contributed by atoms with Gasteiger partial charge in [0.25, 0.3) is 5.78 Å². The number of thiophene rings is 1. The fourth-order valence-corrected chi connectivity index (χ4v) is 4.80. The van der Waals surface area contributed by atoms with Crippen molar-refractivity contribution in [2.45, 2.75) is 16.2 Å². The van der Waals surface area contributed by atoms with Gasteiger partial charge >= 0.3 is 0 Å². The number of benzene rings is 1. The van der Waals surface area contributed by atoms with Crippen molar-refractivity contribution >= 4 is 32.7 Å². The molecule has 25 heavy (non-hydrogen) atoms. The molecular formula is C15H10FN3O4S2. The van der Waals surface area contributed by atoms with Gasteiger partial charge in [0.2, 0.25) is 15.6 Å². The van der Waals surface area contributed by atoms with Gasteiger partial charge < -0.3 is 0 Å². The van der Waals surface area contributed by atoms with Crippen molar-refractivity contribution in [3.05, 3.63) is 58.6 Å². The van der Waals surface area contributed by atoms with E-state index in [4.69, 9.17) is 0 Å². The molecule has 7 nitrogen and oxygen atoms in total. The number of ketones is 2. The van der Waals surface area contributed by atoms with Crippen LogP contribution in [0.3, 0.4) is 0 Å². The quantitative estimate of drug-likeness (QED) is 0.397. The van der Waals surface area contributed by atoms with E-state index in [1.54, 1.807) is 0 Å². The lowest BCUT2D eigenvalue weighted by Gasteiger charge is -2.05. The fraction of sp³-hybridized carbons (Fsp3) is 0.0667. The van der Waals surface area contributed by atoms with Gasteiger partial charge in [0.15, 0.2) is 5.82 Å². The van der Waals surface area contributed by atoms with Crippen LogP contribution in [0.2, 0.25) is 0 Å². The maximum Gasteiger partial charge on any atom is 0.265 e. The van der Waals surface area contributed by atoms with Crippen LogP contribution in [-0.2, 0) is 21.1 Å². The normalized spacial score (nSPS) is 11.4. The lowest BCUT2D eigenvalue weighted by Crippen LogP contribution is -2.18. The average molecular weight is 379 g/mol. The van der Waals surface area contributed by atoms with Gasteiger partial charge in [-0.2, -0.15) is 5.10 Å². The Morgan fingerprint density at radius 1 is 1.16 bits per heavy atom. The monoisotopic (exact) mass is 379 g/mol. The van der Waals surface area contributed by atoms with Crippen LogP contribution in [0.4, 0.5) is 4.39 Å². The molecule has 0 aliphatic carbocycles. The van der Waals surface area contributed by atoms with E-state index in [1.165, 1.54) is 11.4 Å². The largest absolute Gasteiger partial charge is 0.290 e. The zero-order valence-corrected chi connectivity index (χ0v) is 14.1. The third-order valence-corrected chi connectivity index (χ3v) is 6.23. The average Bonchev–Trinajstić information content (AvgIpc) is 3.26. The molecule has 0 aliphatic rings. The summed E-state index contributed by atoms with van der Waals surface area (Å²) < 4.78 is 38.3. The standard InChI is InChI=1S/C15H10FN3O4S2/c16-9-1-3-10(4-2-9)25(22,23)13-5-6-24-12(13)7-11(20)14(21)15-17-8-18-19-15/h1-6,8H,7H2,(H,17,18,19). The number of rotatable bonds is 6. The van der Waals surface area contributed by atoms with E-state index >= 15 is 0 Å². The number of H-pyrrole nitrogens is 1. The molecule has 1 N–H and O–H groups in total. The SMILES string of the molecule is O=C(Cc1sccc1S(=O)(=O)c1ccc(F)cc1)C(=O)c1ncn[nH]1. The van der Waals surface area contributed by atoms with E-state index in [2.05, 4.69) is 15.2 Å². The number of sulfone groups is 1. The van der Waals surface area contributed by atoms with E-state index in [0.29, 0.717) is 0 Å². The highest BCUT2D eigenvalue weighted by Crippen LogP contribution is 2.28. The van der Waals surface area contributed by atoms with Gasteiger partial charge in [-0.1, -0.05) is 0 Å². The van der Waals surface area contributed by atoms with Gasteiger partial charge in [0.1, 0.15) is 12.1 Å². The van der Waals surface area contributed by atoms with Crippen molar-refractivity contribution in [1.29, 1.82) is 0 Å². The third-order valence-electron chi connectivity index (χ3n) is 3.32. The summed E-state index contributed by atoms with van der Waals surface area (Å²) in [5, 5.41) is 7.30. The van der Waals surface area contributed by atoms with Crippen molar-refractivity contribution in [2.75, 3.05) is 0 Å². The molecule has 0 unspecified atom stereocenters. The first-order valence-corrected chi connectivity index (χ1v) is 9.26. The molecule has 3 rings (SSSR count). The van der Waals surface area contributed by atoms with Crippen molar-refractivity contribution in [1.82, 2.24) is 15.2 Å². The summed E-state index contributed by atoms with van der Waals surface area (Å²) in [4.78, 5) is 27.7. The summed E-state index contributed by atoms with van der Waals surface area (Å²) in [7, 11) is -3.92. The van der Waals surface area contributed by atoms with Crippen LogP contribution in [0.15, 0.2) is 51.8 Å². The van der Waals surface area contributed by atoms with Crippen LogP contribution >= 0.6 is 11.3 Å². The van der Waals surface area contributed by atoms with Crippen molar-refractivity contribution in [2.24, 2.45) is 0 Å². The summed E-state index contributed by atoms with van der Waals surface area (Å²) in [6.45, 7) is 0. The minimum atomic E-state index is -3.92. The molecule has 0 aliphatic heterocycles.